The van der Waals surface area contributed by atoms with Crippen molar-refractivity contribution in [3.05, 3.63) is 23.8 Å². The maximum atomic E-state index is 11.6. The van der Waals surface area contributed by atoms with Crippen LogP contribution in [0, 0.1) is 0 Å². The molecule has 1 aliphatic rings. The van der Waals surface area contributed by atoms with Crippen LogP contribution in [0.5, 0.6) is 0 Å². The van der Waals surface area contributed by atoms with Gasteiger partial charge in [0.2, 0.25) is 0 Å². The molecule has 1 atom stereocenters. The molecular formula is C17H31N3O3. The molecule has 1 heterocycles. The van der Waals surface area contributed by atoms with E-state index in [4.69, 9.17) is 4.74 Å². The van der Waals surface area contributed by atoms with Crippen LogP contribution < -0.4 is 5.32 Å². The van der Waals surface area contributed by atoms with Crippen LogP contribution in [0.25, 0.3) is 0 Å². The number of ether oxygens (including phenoxy) is 1. The van der Waals surface area contributed by atoms with Crippen molar-refractivity contribution < 1.29 is 14.6 Å². The molecule has 1 saturated heterocycles. The summed E-state index contributed by atoms with van der Waals surface area (Å²) in [6.07, 6.45) is 5.84. The van der Waals surface area contributed by atoms with Crippen LogP contribution in [0.1, 0.15) is 20.3 Å². The molecule has 1 fully saturated rings. The molecule has 0 aromatic carbocycles. The van der Waals surface area contributed by atoms with Gasteiger partial charge in [-0.2, -0.15) is 0 Å². The quantitative estimate of drug-likeness (QED) is 0.657. The summed E-state index contributed by atoms with van der Waals surface area (Å²) in [5, 5.41) is 12.6. The molecule has 0 radical (unpaired) electrons. The zero-order valence-corrected chi connectivity index (χ0v) is 14.6. The minimum Gasteiger partial charge on any atom is -0.445 e. The molecule has 2 N–H and O–H groups in total. The molecule has 132 valence electrons. The van der Waals surface area contributed by atoms with Gasteiger partial charge in [-0.3, -0.25) is 4.90 Å². The van der Waals surface area contributed by atoms with Crippen molar-refractivity contribution in [1.82, 2.24) is 15.1 Å². The number of nitrogens with one attached hydrogen (secondary N) is 1. The van der Waals surface area contributed by atoms with Gasteiger partial charge in [-0.25, -0.2) is 4.79 Å². The first-order chi connectivity index (χ1) is 11.0. The molecule has 6 nitrogen and oxygen atoms in total. The molecule has 0 bridgehead atoms. The van der Waals surface area contributed by atoms with Crippen molar-refractivity contribution in [3.8, 4) is 0 Å². The number of hydrogen-bond acceptors (Lipinski definition) is 5. The third-order valence-electron chi connectivity index (χ3n) is 3.73. The van der Waals surface area contributed by atoms with E-state index in [1.807, 2.05) is 25.2 Å². The Kier molecular flexibility index (Phi) is 9.59. The molecule has 1 rings (SSSR count). The van der Waals surface area contributed by atoms with Crippen molar-refractivity contribution in [2.24, 2.45) is 0 Å². The Balaban J connectivity index is 2.15. The van der Waals surface area contributed by atoms with E-state index < -0.39 is 12.2 Å². The Morgan fingerprint density at radius 1 is 1.35 bits per heavy atom. The van der Waals surface area contributed by atoms with Crippen molar-refractivity contribution in [1.29, 1.82) is 0 Å². The molecule has 0 aliphatic carbocycles. The van der Waals surface area contributed by atoms with Crippen LogP contribution in [-0.2, 0) is 4.74 Å². The van der Waals surface area contributed by atoms with Gasteiger partial charge in [-0.15, -0.1) is 0 Å². The minimum absolute atomic E-state index is 0.212. The second-order valence-electron chi connectivity index (χ2n) is 6.06. The fourth-order valence-corrected chi connectivity index (χ4v) is 2.24. The maximum absolute atomic E-state index is 11.6. The Hall–Kier alpha value is -1.37. The second-order valence-corrected chi connectivity index (χ2v) is 6.06. The maximum Gasteiger partial charge on any atom is 0.407 e. The SMILES string of the molecule is CCC=CC=C(C)COC(=O)NCC(O)CN1CCN(C)CC1. The number of aliphatic hydroxyl groups is 1. The molecule has 6 heteroatoms. The van der Waals surface area contributed by atoms with Gasteiger partial charge < -0.3 is 20.1 Å². The zero-order chi connectivity index (χ0) is 17.1. The van der Waals surface area contributed by atoms with Gasteiger partial charge in [0.05, 0.1) is 6.10 Å². The van der Waals surface area contributed by atoms with E-state index in [-0.39, 0.29) is 13.2 Å². The van der Waals surface area contributed by atoms with Crippen molar-refractivity contribution in [2.45, 2.75) is 26.4 Å². The van der Waals surface area contributed by atoms with Crippen LogP contribution in [-0.4, -0.2) is 80.0 Å². The average Bonchev–Trinajstić information content (AvgIpc) is 2.53. The van der Waals surface area contributed by atoms with E-state index in [1.54, 1.807) is 0 Å². The van der Waals surface area contributed by atoms with Crippen LogP contribution in [0.3, 0.4) is 0 Å². The van der Waals surface area contributed by atoms with Gasteiger partial charge in [-0.1, -0.05) is 25.2 Å². The summed E-state index contributed by atoms with van der Waals surface area (Å²) in [6, 6.07) is 0. The lowest BCUT2D eigenvalue weighted by atomic mass is 10.2. The Bertz CT molecular complexity index is 402. The average molecular weight is 325 g/mol. The van der Waals surface area contributed by atoms with Gasteiger partial charge in [0, 0.05) is 39.3 Å². The summed E-state index contributed by atoms with van der Waals surface area (Å²) in [4.78, 5) is 16.1. The third-order valence-corrected chi connectivity index (χ3v) is 3.73. The summed E-state index contributed by atoms with van der Waals surface area (Å²) >= 11 is 0. The number of carbonyl (C=O) groups excluding carboxylic acids is 1. The van der Waals surface area contributed by atoms with Gasteiger partial charge in [0.15, 0.2) is 0 Å². The zero-order valence-electron chi connectivity index (χ0n) is 14.6. The Labute approximate surface area is 139 Å². The molecule has 0 spiro atoms. The predicted molar refractivity (Wildman–Crippen MR) is 92.5 cm³/mol. The molecule has 1 amide bonds. The number of nitrogens with zero attached hydrogens (tertiary/aromatic N) is 2. The minimum atomic E-state index is -0.574. The summed E-state index contributed by atoms with van der Waals surface area (Å²) in [5.74, 6) is 0. The molecule has 1 unspecified atom stereocenters. The second kappa shape index (κ2) is 11.2. The Morgan fingerprint density at radius 3 is 2.70 bits per heavy atom. The normalized spacial score (nSPS) is 19.0. The number of amides is 1. The highest BCUT2D eigenvalue weighted by atomic mass is 16.5. The van der Waals surface area contributed by atoms with Gasteiger partial charge in [0.25, 0.3) is 0 Å². The highest BCUT2D eigenvalue weighted by Crippen LogP contribution is 2.00. The van der Waals surface area contributed by atoms with Crippen LogP contribution in [0.4, 0.5) is 4.79 Å². The first kappa shape index (κ1) is 19.7. The third kappa shape index (κ3) is 9.38. The van der Waals surface area contributed by atoms with E-state index >= 15 is 0 Å². The largest absolute Gasteiger partial charge is 0.445 e. The topological polar surface area (TPSA) is 65.0 Å². The fourth-order valence-electron chi connectivity index (χ4n) is 2.24. The lowest BCUT2D eigenvalue weighted by Crippen LogP contribution is -2.48. The molecule has 0 saturated carbocycles. The van der Waals surface area contributed by atoms with E-state index in [0.717, 1.165) is 38.2 Å². The van der Waals surface area contributed by atoms with Crippen LogP contribution in [0.2, 0.25) is 0 Å². The summed E-state index contributed by atoms with van der Waals surface area (Å²) in [6.45, 7) is 8.96. The van der Waals surface area contributed by atoms with Crippen LogP contribution >= 0.6 is 0 Å². The van der Waals surface area contributed by atoms with E-state index in [9.17, 15) is 9.90 Å². The number of hydrogen-bond donors (Lipinski definition) is 2. The number of β-amino-alcohol motifs (C(OH)–C–C–N with tert-alkyl or cyclic N) is 1. The first-order valence-corrected chi connectivity index (χ1v) is 8.33. The number of rotatable bonds is 8. The van der Waals surface area contributed by atoms with Crippen molar-refractivity contribution in [2.75, 3.05) is 52.9 Å². The highest BCUT2D eigenvalue weighted by molar-refractivity contribution is 5.67. The van der Waals surface area contributed by atoms with Gasteiger partial charge >= 0.3 is 6.09 Å². The summed E-state index contributed by atoms with van der Waals surface area (Å²) in [7, 11) is 2.10. The van der Waals surface area contributed by atoms with Crippen molar-refractivity contribution in [3.63, 3.8) is 0 Å². The highest BCUT2D eigenvalue weighted by Gasteiger charge is 2.17. The Morgan fingerprint density at radius 2 is 2.04 bits per heavy atom. The monoisotopic (exact) mass is 325 g/mol. The number of carbonyl (C=O) groups is 1. The predicted octanol–water partition coefficient (Wildman–Crippen LogP) is 1.23. The molecule has 0 aromatic rings. The van der Waals surface area contributed by atoms with Gasteiger partial charge in [-0.05, 0) is 26.0 Å². The standard InChI is InChI=1S/C17H31N3O3/c1-4-5-6-7-15(2)14-23-17(22)18-12-16(21)13-20-10-8-19(3)9-11-20/h5-7,16,21H,4,8-14H2,1-3H3,(H,18,22). The number of likely N-dealkylation sites (N-methyl/N-ethyl adjacent to an activating group) is 1. The van der Waals surface area contributed by atoms with E-state index in [2.05, 4.69) is 29.1 Å². The van der Waals surface area contributed by atoms with Gasteiger partial charge in [0.1, 0.15) is 6.61 Å². The number of alkyl carbamates (subject to hydrolysis) is 1. The smallest absolute Gasteiger partial charge is 0.407 e. The molecule has 0 aromatic heterocycles. The first-order valence-electron chi connectivity index (χ1n) is 8.33. The molecular weight excluding hydrogens is 294 g/mol. The number of piperazine rings is 1. The summed E-state index contributed by atoms with van der Waals surface area (Å²) < 4.78 is 5.11. The molecule has 1 aliphatic heterocycles. The number of aliphatic hydroxyl groups excluding tert-OH is 1. The van der Waals surface area contributed by atoms with E-state index in [1.165, 1.54) is 0 Å². The fraction of sp³-hybridized carbons (Fsp3) is 0.706. The molecule has 23 heavy (non-hydrogen) atoms. The van der Waals surface area contributed by atoms with E-state index in [0.29, 0.717) is 6.54 Å². The van der Waals surface area contributed by atoms with Crippen molar-refractivity contribution >= 4 is 6.09 Å². The number of allylic oxidation sites excluding steroid dienone is 3. The lowest BCUT2D eigenvalue weighted by Gasteiger charge is -2.33. The lowest BCUT2D eigenvalue weighted by molar-refractivity contribution is 0.0778. The van der Waals surface area contributed by atoms with Crippen LogP contribution in [0.15, 0.2) is 23.8 Å². The summed E-state index contributed by atoms with van der Waals surface area (Å²) in [5.41, 5.74) is 0.975.